The Bertz CT molecular complexity index is 1190. The maximum atomic E-state index is 9.97. The highest BCUT2D eigenvalue weighted by molar-refractivity contribution is 9.10. The summed E-state index contributed by atoms with van der Waals surface area (Å²) >= 11 is 15.3. The summed E-state index contributed by atoms with van der Waals surface area (Å²) in [6.07, 6.45) is 1.40. The smallest absolute Gasteiger partial charge is 0.185 e. The number of aromatic hydroxyl groups is 1. The van der Waals surface area contributed by atoms with Crippen LogP contribution in [0.25, 0.3) is 17.0 Å². The minimum atomic E-state index is -0.101. The number of nitrogens with zero attached hydrogens (tertiary/aromatic N) is 5. The first-order valence-corrected chi connectivity index (χ1v) is 9.51. The Hall–Kier alpha value is -2.68. The predicted octanol–water partition coefficient (Wildman–Crippen LogP) is 5.01. The molecule has 2 heterocycles. The summed E-state index contributed by atoms with van der Waals surface area (Å²) in [6, 6.07) is 14.2. The fraction of sp³-hybridized carbons (Fsp3) is 0. The van der Waals surface area contributed by atoms with Gasteiger partial charge in [-0.05, 0) is 36.4 Å². The first-order valence-electron chi connectivity index (χ1n) is 7.97. The summed E-state index contributed by atoms with van der Waals surface area (Å²) in [5.74, 6) is 0.972. The molecule has 2 aromatic heterocycles. The highest BCUT2D eigenvalue weighted by Gasteiger charge is 2.10. The first kappa shape index (κ1) is 18.7. The average molecular weight is 478 g/mol. The van der Waals surface area contributed by atoms with Crippen LogP contribution < -0.4 is 5.43 Å². The number of halogens is 3. The number of phenolic OH excluding ortho intramolecular Hbond substituents is 1. The fourth-order valence-corrected chi connectivity index (χ4v) is 3.25. The van der Waals surface area contributed by atoms with Crippen LogP contribution >= 0.6 is 39.1 Å². The van der Waals surface area contributed by atoms with Gasteiger partial charge in [0.2, 0.25) is 0 Å². The molecular weight excluding hydrogens is 467 g/mol. The lowest BCUT2D eigenvalue weighted by atomic mass is 10.2. The van der Waals surface area contributed by atoms with Gasteiger partial charge in [0, 0.05) is 20.6 Å². The van der Waals surface area contributed by atoms with Gasteiger partial charge >= 0.3 is 0 Å². The van der Waals surface area contributed by atoms with Gasteiger partial charge in [-0.25, -0.2) is 0 Å². The molecule has 0 aliphatic heterocycles. The highest BCUT2D eigenvalue weighted by atomic mass is 79.9. The van der Waals surface area contributed by atoms with E-state index in [1.54, 1.807) is 22.7 Å². The Morgan fingerprint density at radius 1 is 1.07 bits per heavy atom. The second kappa shape index (κ2) is 7.75. The molecule has 0 spiro atoms. The lowest BCUT2D eigenvalue weighted by molar-refractivity contribution is 0.475. The maximum absolute atomic E-state index is 9.97. The van der Waals surface area contributed by atoms with E-state index in [1.165, 1.54) is 12.3 Å². The van der Waals surface area contributed by atoms with Gasteiger partial charge in [0.1, 0.15) is 5.75 Å². The van der Waals surface area contributed by atoms with Gasteiger partial charge in [-0.15, -0.1) is 15.3 Å². The van der Waals surface area contributed by atoms with Crippen molar-refractivity contribution in [3.63, 3.8) is 0 Å². The lowest BCUT2D eigenvalue weighted by Gasteiger charge is -2.04. The van der Waals surface area contributed by atoms with E-state index in [0.717, 1.165) is 10.0 Å². The van der Waals surface area contributed by atoms with Crippen LogP contribution in [0.15, 0.2) is 58.1 Å². The van der Waals surface area contributed by atoms with E-state index in [-0.39, 0.29) is 10.8 Å². The molecule has 0 bridgehead atoms. The molecule has 10 heteroatoms. The molecule has 2 N–H and O–H groups in total. The third kappa shape index (κ3) is 3.80. The number of nitrogens with one attached hydrogen (secondary N) is 1. The number of fused-ring (bicyclic) bond motifs is 1. The Morgan fingerprint density at radius 3 is 2.64 bits per heavy atom. The van der Waals surface area contributed by atoms with Crippen LogP contribution in [0, 0.1) is 0 Å². The van der Waals surface area contributed by atoms with Crippen molar-refractivity contribution in [2.24, 2.45) is 5.10 Å². The molecule has 0 amide bonds. The molecule has 140 valence electrons. The largest absolute Gasteiger partial charge is 0.506 e. The van der Waals surface area contributed by atoms with E-state index < -0.39 is 0 Å². The van der Waals surface area contributed by atoms with Gasteiger partial charge in [-0.3, -0.25) is 5.43 Å². The Balaban J connectivity index is 1.62. The van der Waals surface area contributed by atoms with Crippen molar-refractivity contribution < 1.29 is 5.11 Å². The standard InChI is InChI=1S/C18H11BrCl2N6O/c19-12-3-1-10(2-4-12)18-25-24-16-6-5-15(26-27(16)18)23-22-9-11-7-13(20)8-14(21)17(11)28/h1-9,28H,(H,23,26). The normalized spacial score (nSPS) is 11.4. The molecule has 0 fully saturated rings. The number of benzene rings is 2. The molecule has 0 aliphatic carbocycles. The van der Waals surface area contributed by atoms with Crippen molar-refractivity contribution in [2.75, 3.05) is 5.43 Å². The molecule has 0 atom stereocenters. The minimum absolute atomic E-state index is 0.101. The van der Waals surface area contributed by atoms with Crippen LogP contribution in [0.3, 0.4) is 0 Å². The zero-order valence-corrected chi connectivity index (χ0v) is 17.1. The number of aromatic nitrogens is 4. The van der Waals surface area contributed by atoms with Crippen LogP contribution in [0.5, 0.6) is 5.75 Å². The zero-order valence-electron chi connectivity index (χ0n) is 14.0. The molecule has 7 nitrogen and oxygen atoms in total. The van der Waals surface area contributed by atoms with Crippen molar-refractivity contribution >= 4 is 56.8 Å². The highest BCUT2D eigenvalue weighted by Crippen LogP contribution is 2.30. The number of phenols is 1. The number of hydrogen-bond donors (Lipinski definition) is 2. The van der Waals surface area contributed by atoms with E-state index in [1.807, 2.05) is 24.3 Å². The number of rotatable bonds is 4. The molecule has 28 heavy (non-hydrogen) atoms. The SMILES string of the molecule is Oc1c(Cl)cc(Cl)cc1C=NNc1ccc2nnc(-c3ccc(Br)cc3)n2n1. The average Bonchev–Trinajstić information content (AvgIpc) is 3.09. The maximum Gasteiger partial charge on any atom is 0.185 e. The van der Waals surface area contributed by atoms with Gasteiger partial charge in [0.25, 0.3) is 0 Å². The van der Waals surface area contributed by atoms with Crippen LogP contribution in [-0.4, -0.2) is 31.1 Å². The second-order valence-corrected chi connectivity index (χ2v) is 7.47. The molecule has 0 saturated heterocycles. The molecule has 4 aromatic rings. The Morgan fingerprint density at radius 2 is 1.86 bits per heavy atom. The van der Waals surface area contributed by atoms with E-state index >= 15 is 0 Å². The predicted molar refractivity (Wildman–Crippen MR) is 113 cm³/mol. The van der Waals surface area contributed by atoms with E-state index in [0.29, 0.717) is 27.9 Å². The Kier molecular flexibility index (Phi) is 5.17. The third-order valence-electron chi connectivity index (χ3n) is 3.81. The molecule has 4 rings (SSSR count). The minimum Gasteiger partial charge on any atom is -0.506 e. The third-order valence-corrected chi connectivity index (χ3v) is 4.84. The van der Waals surface area contributed by atoms with Gasteiger partial charge in [-0.1, -0.05) is 51.3 Å². The van der Waals surface area contributed by atoms with Crippen molar-refractivity contribution in [2.45, 2.75) is 0 Å². The van der Waals surface area contributed by atoms with Crippen LogP contribution in [0.4, 0.5) is 5.82 Å². The lowest BCUT2D eigenvalue weighted by Crippen LogP contribution is -2.00. The number of hydrazone groups is 1. The molecule has 0 aliphatic rings. The number of hydrogen-bond acceptors (Lipinski definition) is 6. The molecular formula is C18H11BrCl2N6O. The zero-order chi connectivity index (χ0) is 19.7. The Labute approximate surface area is 177 Å². The van der Waals surface area contributed by atoms with E-state index in [9.17, 15) is 5.11 Å². The quantitative estimate of drug-likeness (QED) is 0.318. The van der Waals surface area contributed by atoms with E-state index in [2.05, 4.69) is 41.8 Å². The molecule has 0 unspecified atom stereocenters. The van der Waals surface area contributed by atoms with Crippen LogP contribution in [0.1, 0.15) is 5.56 Å². The molecule has 2 aromatic carbocycles. The molecule has 0 saturated carbocycles. The molecule has 0 radical (unpaired) electrons. The topological polar surface area (TPSA) is 87.7 Å². The summed E-state index contributed by atoms with van der Waals surface area (Å²) in [5, 5.41) is 27.4. The second-order valence-electron chi connectivity index (χ2n) is 5.71. The van der Waals surface area contributed by atoms with Crippen molar-refractivity contribution in [3.05, 3.63) is 68.6 Å². The first-order chi connectivity index (χ1) is 13.5. The fourth-order valence-electron chi connectivity index (χ4n) is 2.48. The van der Waals surface area contributed by atoms with Gasteiger partial charge in [0.05, 0.1) is 11.2 Å². The summed E-state index contributed by atoms with van der Waals surface area (Å²) in [7, 11) is 0. The summed E-state index contributed by atoms with van der Waals surface area (Å²) < 4.78 is 2.59. The van der Waals surface area contributed by atoms with Crippen LogP contribution in [0.2, 0.25) is 10.0 Å². The van der Waals surface area contributed by atoms with Gasteiger partial charge in [-0.2, -0.15) is 9.62 Å². The summed E-state index contributed by atoms with van der Waals surface area (Å²) in [6.45, 7) is 0. The van der Waals surface area contributed by atoms with Gasteiger partial charge < -0.3 is 5.11 Å². The van der Waals surface area contributed by atoms with Crippen molar-refractivity contribution in [1.29, 1.82) is 0 Å². The number of anilines is 1. The van der Waals surface area contributed by atoms with Gasteiger partial charge in [0.15, 0.2) is 17.3 Å². The summed E-state index contributed by atoms with van der Waals surface area (Å²) in [4.78, 5) is 0. The van der Waals surface area contributed by atoms with Crippen molar-refractivity contribution in [3.8, 4) is 17.1 Å². The van der Waals surface area contributed by atoms with E-state index in [4.69, 9.17) is 23.2 Å². The van der Waals surface area contributed by atoms with Crippen LogP contribution in [-0.2, 0) is 0 Å². The summed E-state index contributed by atoms with van der Waals surface area (Å²) in [5.41, 5.74) is 4.67. The van der Waals surface area contributed by atoms with Crippen molar-refractivity contribution in [1.82, 2.24) is 19.8 Å². The monoisotopic (exact) mass is 476 g/mol.